The minimum Gasteiger partial charge on any atom is -0.465 e. The molecule has 0 N–H and O–H groups in total. The molecule has 0 aliphatic rings. The summed E-state index contributed by atoms with van der Waals surface area (Å²) in [5.41, 5.74) is 0.751. The zero-order valence-corrected chi connectivity index (χ0v) is 9.38. The molecule has 0 rings (SSSR count). The van der Waals surface area contributed by atoms with Gasteiger partial charge in [0.1, 0.15) is 6.61 Å². The molecule has 0 heterocycles. The summed E-state index contributed by atoms with van der Waals surface area (Å²) >= 11 is 0. The van der Waals surface area contributed by atoms with E-state index in [0.29, 0.717) is 25.9 Å². The lowest BCUT2D eigenvalue weighted by molar-refractivity contribution is -0.144. The Balaban J connectivity index is 3.49. The van der Waals surface area contributed by atoms with E-state index >= 15 is 0 Å². The number of carbonyl (C=O) groups is 2. The van der Waals surface area contributed by atoms with Crippen LogP contribution in [0.5, 0.6) is 0 Å². The van der Waals surface area contributed by atoms with E-state index in [1.807, 2.05) is 0 Å². The third-order valence-electron chi connectivity index (χ3n) is 1.73. The molecular weight excluding hydrogens is 196 g/mol. The van der Waals surface area contributed by atoms with E-state index in [0.717, 1.165) is 5.57 Å². The van der Waals surface area contributed by atoms with Crippen LogP contribution >= 0.6 is 0 Å². The van der Waals surface area contributed by atoms with Crippen LogP contribution in [0.25, 0.3) is 0 Å². The van der Waals surface area contributed by atoms with Crippen LogP contribution in [-0.4, -0.2) is 25.2 Å². The van der Waals surface area contributed by atoms with Crippen molar-refractivity contribution in [2.75, 3.05) is 13.2 Å². The van der Waals surface area contributed by atoms with Crippen molar-refractivity contribution in [1.82, 2.24) is 0 Å². The van der Waals surface area contributed by atoms with Crippen LogP contribution in [0.3, 0.4) is 0 Å². The summed E-state index contributed by atoms with van der Waals surface area (Å²) in [5.74, 6) is -0.477. The van der Waals surface area contributed by atoms with Crippen LogP contribution in [0, 0.1) is 0 Å². The van der Waals surface area contributed by atoms with Gasteiger partial charge in [0, 0.05) is 19.3 Å². The highest BCUT2D eigenvalue weighted by Gasteiger charge is 2.02. The molecule has 0 amide bonds. The van der Waals surface area contributed by atoms with Gasteiger partial charge in [-0.25, -0.2) is 0 Å². The van der Waals surface area contributed by atoms with Crippen LogP contribution in [0.1, 0.15) is 33.1 Å². The first-order valence-electron chi connectivity index (χ1n) is 5.08. The van der Waals surface area contributed by atoms with Crippen molar-refractivity contribution in [3.8, 4) is 0 Å². The first-order valence-corrected chi connectivity index (χ1v) is 5.08. The highest BCUT2D eigenvalue weighted by Crippen LogP contribution is 2.01. The fraction of sp³-hybridized carbons (Fsp3) is 0.636. The van der Waals surface area contributed by atoms with Crippen LogP contribution in [0.4, 0.5) is 0 Å². The molecule has 0 aromatic heterocycles. The minimum absolute atomic E-state index is 0.205. The third-order valence-corrected chi connectivity index (χ3v) is 1.73. The second kappa shape index (κ2) is 8.03. The average Bonchev–Trinajstić information content (AvgIpc) is 2.25. The molecular formula is C11H18O4. The molecule has 86 valence electrons. The van der Waals surface area contributed by atoms with Crippen molar-refractivity contribution < 1.29 is 19.1 Å². The second-order valence-corrected chi connectivity index (χ2v) is 3.09. The lowest BCUT2D eigenvalue weighted by Crippen LogP contribution is -2.09. The number of ether oxygens (including phenoxy) is 2. The van der Waals surface area contributed by atoms with E-state index < -0.39 is 0 Å². The van der Waals surface area contributed by atoms with E-state index in [9.17, 15) is 9.59 Å². The van der Waals surface area contributed by atoms with Crippen LogP contribution < -0.4 is 0 Å². The predicted octanol–water partition coefficient (Wildman–Crippen LogP) is 1.84. The maximum absolute atomic E-state index is 10.8. The number of esters is 2. The average molecular weight is 214 g/mol. The standard InChI is InChI=1S/C11H18O4/c1-4-10(12)14-7-6-9(3)8-15-11(13)5-2/h3-8H2,1-2H3. The largest absolute Gasteiger partial charge is 0.465 e. The van der Waals surface area contributed by atoms with Gasteiger partial charge in [-0.3, -0.25) is 9.59 Å². The van der Waals surface area contributed by atoms with Crippen molar-refractivity contribution in [2.45, 2.75) is 33.1 Å². The maximum atomic E-state index is 10.8. The maximum Gasteiger partial charge on any atom is 0.305 e. The smallest absolute Gasteiger partial charge is 0.305 e. The Kier molecular flexibility index (Phi) is 7.32. The summed E-state index contributed by atoms with van der Waals surface area (Å²) < 4.78 is 9.71. The summed E-state index contributed by atoms with van der Waals surface area (Å²) in [6.45, 7) is 7.69. The monoisotopic (exact) mass is 214 g/mol. The minimum atomic E-state index is -0.248. The Hall–Kier alpha value is -1.32. The molecule has 0 fully saturated rings. The molecule has 0 aromatic rings. The molecule has 0 aliphatic heterocycles. The quantitative estimate of drug-likeness (QED) is 0.479. The van der Waals surface area contributed by atoms with Gasteiger partial charge >= 0.3 is 11.9 Å². The molecule has 0 aliphatic carbocycles. The van der Waals surface area contributed by atoms with E-state index in [1.165, 1.54) is 0 Å². The normalized spacial score (nSPS) is 9.47. The van der Waals surface area contributed by atoms with Gasteiger partial charge in [-0.05, 0) is 5.57 Å². The van der Waals surface area contributed by atoms with Gasteiger partial charge in [-0.2, -0.15) is 0 Å². The first-order chi connectivity index (χ1) is 7.10. The zero-order chi connectivity index (χ0) is 11.7. The zero-order valence-electron chi connectivity index (χ0n) is 9.38. The molecule has 4 heteroatoms. The van der Waals surface area contributed by atoms with Crippen LogP contribution in [0.2, 0.25) is 0 Å². The Morgan fingerprint density at radius 3 is 2.13 bits per heavy atom. The molecule has 0 unspecified atom stereocenters. The topological polar surface area (TPSA) is 52.6 Å². The van der Waals surface area contributed by atoms with Crippen molar-refractivity contribution in [1.29, 1.82) is 0 Å². The Labute approximate surface area is 90.2 Å². The lowest BCUT2D eigenvalue weighted by atomic mass is 10.2. The molecule has 0 saturated carbocycles. The summed E-state index contributed by atoms with van der Waals surface area (Å²) in [4.78, 5) is 21.6. The van der Waals surface area contributed by atoms with Gasteiger partial charge in [0.25, 0.3) is 0 Å². The second-order valence-electron chi connectivity index (χ2n) is 3.09. The fourth-order valence-corrected chi connectivity index (χ4v) is 0.768. The van der Waals surface area contributed by atoms with Gasteiger partial charge < -0.3 is 9.47 Å². The van der Waals surface area contributed by atoms with Gasteiger partial charge in [0.15, 0.2) is 0 Å². The SMILES string of the molecule is C=C(CCOC(=O)CC)COC(=O)CC. The van der Waals surface area contributed by atoms with E-state index in [-0.39, 0.29) is 18.5 Å². The molecule has 0 radical (unpaired) electrons. The number of carbonyl (C=O) groups excluding carboxylic acids is 2. The van der Waals surface area contributed by atoms with Crippen molar-refractivity contribution in [3.05, 3.63) is 12.2 Å². The molecule has 15 heavy (non-hydrogen) atoms. The summed E-state index contributed by atoms with van der Waals surface area (Å²) in [6.07, 6.45) is 1.26. The predicted molar refractivity (Wildman–Crippen MR) is 56.3 cm³/mol. The number of hydrogen-bond acceptors (Lipinski definition) is 4. The highest BCUT2D eigenvalue weighted by atomic mass is 16.5. The molecule has 0 spiro atoms. The van der Waals surface area contributed by atoms with Gasteiger partial charge in [-0.1, -0.05) is 20.4 Å². The third kappa shape index (κ3) is 7.73. The molecule has 0 saturated heterocycles. The molecule has 4 nitrogen and oxygen atoms in total. The van der Waals surface area contributed by atoms with Gasteiger partial charge in [-0.15, -0.1) is 0 Å². The lowest BCUT2D eigenvalue weighted by Gasteiger charge is -2.07. The van der Waals surface area contributed by atoms with Crippen LogP contribution in [0.15, 0.2) is 12.2 Å². The number of rotatable bonds is 7. The highest BCUT2D eigenvalue weighted by molar-refractivity contribution is 5.69. The number of hydrogen-bond donors (Lipinski definition) is 0. The molecule has 0 aromatic carbocycles. The van der Waals surface area contributed by atoms with E-state index in [1.54, 1.807) is 13.8 Å². The molecule has 0 bridgehead atoms. The van der Waals surface area contributed by atoms with Gasteiger partial charge in [0.2, 0.25) is 0 Å². The van der Waals surface area contributed by atoms with E-state index in [4.69, 9.17) is 9.47 Å². The fourth-order valence-electron chi connectivity index (χ4n) is 0.768. The van der Waals surface area contributed by atoms with Crippen LogP contribution in [-0.2, 0) is 19.1 Å². The molecule has 0 atom stereocenters. The van der Waals surface area contributed by atoms with Crippen molar-refractivity contribution >= 4 is 11.9 Å². The summed E-state index contributed by atoms with van der Waals surface area (Å²) in [6, 6.07) is 0. The summed E-state index contributed by atoms with van der Waals surface area (Å²) in [5, 5.41) is 0. The van der Waals surface area contributed by atoms with Crippen molar-refractivity contribution in [3.63, 3.8) is 0 Å². The van der Waals surface area contributed by atoms with Gasteiger partial charge in [0.05, 0.1) is 6.61 Å². The Morgan fingerprint density at radius 2 is 1.60 bits per heavy atom. The Bertz CT molecular complexity index is 233. The summed E-state index contributed by atoms with van der Waals surface area (Å²) in [7, 11) is 0. The first kappa shape index (κ1) is 13.7. The van der Waals surface area contributed by atoms with E-state index in [2.05, 4.69) is 6.58 Å². The van der Waals surface area contributed by atoms with Crippen molar-refractivity contribution in [2.24, 2.45) is 0 Å². The Morgan fingerprint density at radius 1 is 1.07 bits per heavy atom.